The second kappa shape index (κ2) is 3.39. The van der Waals surface area contributed by atoms with E-state index in [1.807, 2.05) is 41.8 Å². The van der Waals surface area contributed by atoms with Gasteiger partial charge in [-0.25, -0.2) is 4.98 Å². The molecular weight excluding hydrogens is 224 g/mol. The normalized spacial score (nSPS) is 11.1. The van der Waals surface area contributed by atoms with E-state index in [9.17, 15) is 0 Å². The third-order valence-electron chi connectivity index (χ3n) is 2.53. The zero-order valence-corrected chi connectivity index (χ0v) is 9.40. The van der Waals surface area contributed by atoms with E-state index in [2.05, 4.69) is 4.98 Å². The Hall–Kier alpha value is -1.74. The van der Waals surface area contributed by atoms with Crippen LogP contribution in [0.4, 0.5) is 0 Å². The van der Waals surface area contributed by atoms with E-state index >= 15 is 0 Å². The number of imidazole rings is 1. The lowest BCUT2D eigenvalue weighted by Crippen LogP contribution is -1.87. The van der Waals surface area contributed by atoms with Crippen LogP contribution < -0.4 is 0 Å². The van der Waals surface area contributed by atoms with E-state index in [0.717, 1.165) is 22.8 Å². The molecule has 0 saturated heterocycles. The molecule has 0 aliphatic carbocycles. The first-order valence-electron chi connectivity index (χ1n) is 4.94. The molecule has 16 heavy (non-hydrogen) atoms. The Morgan fingerprint density at radius 2 is 2.19 bits per heavy atom. The van der Waals surface area contributed by atoms with Crippen LogP contribution in [0.3, 0.4) is 0 Å². The zero-order chi connectivity index (χ0) is 11.1. The predicted molar refractivity (Wildman–Crippen MR) is 62.6 cm³/mol. The monoisotopic (exact) mass is 232 g/mol. The molecule has 3 aromatic rings. The van der Waals surface area contributed by atoms with Gasteiger partial charge >= 0.3 is 0 Å². The molecule has 0 aliphatic rings. The molecule has 0 aliphatic heterocycles. The van der Waals surface area contributed by atoms with Gasteiger partial charge in [-0.05, 0) is 31.2 Å². The van der Waals surface area contributed by atoms with E-state index in [0.29, 0.717) is 5.02 Å². The Morgan fingerprint density at radius 3 is 2.94 bits per heavy atom. The number of aryl methyl sites for hydroxylation is 1. The highest BCUT2D eigenvalue weighted by molar-refractivity contribution is 6.33. The Balaban J connectivity index is 2.41. The van der Waals surface area contributed by atoms with Crippen LogP contribution in [0.1, 0.15) is 5.69 Å². The molecule has 0 bridgehead atoms. The number of aromatic nitrogens is 2. The van der Waals surface area contributed by atoms with Crippen molar-refractivity contribution < 1.29 is 4.42 Å². The fraction of sp³-hybridized carbons (Fsp3) is 0.0833. The van der Waals surface area contributed by atoms with Gasteiger partial charge in [0.15, 0.2) is 11.4 Å². The molecule has 3 rings (SSSR count). The van der Waals surface area contributed by atoms with Crippen LogP contribution in [0.5, 0.6) is 0 Å². The second-order valence-electron chi connectivity index (χ2n) is 3.57. The molecule has 0 atom stereocenters. The van der Waals surface area contributed by atoms with Crippen LogP contribution in [-0.2, 0) is 0 Å². The van der Waals surface area contributed by atoms with Crippen molar-refractivity contribution in [3.63, 3.8) is 0 Å². The molecule has 0 radical (unpaired) electrons. The maximum Gasteiger partial charge on any atom is 0.156 e. The lowest BCUT2D eigenvalue weighted by Gasteiger charge is -1.99. The molecule has 0 unspecified atom stereocenters. The third kappa shape index (κ3) is 1.25. The number of pyridine rings is 1. The van der Waals surface area contributed by atoms with Gasteiger partial charge in [0.25, 0.3) is 0 Å². The van der Waals surface area contributed by atoms with Crippen molar-refractivity contribution in [3.05, 3.63) is 47.4 Å². The number of furan rings is 1. The molecule has 0 amide bonds. The highest BCUT2D eigenvalue weighted by atomic mass is 35.5. The molecule has 0 spiro atoms. The summed E-state index contributed by atoms with van der Waals surface area (Å²) in [6.07, 6.45) is 3.58. The highest BCUT2D eigenvalue weighted by Gasteiger charge is 2.14. The van der Waals surface area contributed by atoms with E-state index in [-0.39, 0.29) is 0 Å². The number of rotatable bonds is 1. The summed E-state index contributed by atoms with van der Waals surface area (Å²) in [4.78, 5) is 4.44. The maximum atomic E-state index is 6.09. The summed E-state index contributed by atoms with van der Waals surface area (Å²) in [6.45, 7) is 1.95. The maximum absolute atomic E-state index is 6.09. The van der Waals surface area contributed by atoms with Crippen molar-refractivity contribution >= 4 is 17.2 Å². The fourth-order valence-corrected chi connectivity index (χ4v) is 2.06. The molecule has 3 heterocycles. The van der Waals surface area contributed by atoms with Crippen LogP contribution in [0.2, 0.25) is 5.02 Å². The van der Waals surface area contributed by atoms with Crippen LogP contribution in [0.15, 0.2) is 41.1 Å². The summed E-state index contributed by atoms with van der Waals surface area (Å²) in [6, 6.07) is 7.49. The number of hydrogen-bond donors (Lipinski definition) is 0. The minimum atomic E-state index is 0.642. The van der Waals surface area contributed by atoms with Gasteiger partial charge in [-0.1, -0.05) is 11.6 Å². The van der Waals surface area contributed by atoms with Crippen LogP contribution in [0.25, 0.3) is 17.1 Å². The minimum absolute atomic E-state index is 0.642. The van der Waals surface area contributed by atoms with Gasteiger partial charge in [0.05, 0.1) is 17.0 Å². The first kappa shape index (κ1) is 9.48. The van der Waals surface area contributed by atoms with Crippen LogP contribution >= 0.6 is 11.6 Å². The average molecular weight is 233 g/mol. The summed E-state index contributed by atoms with van der Waals surface area (Å²) >= 11 is 6.09. The van der Waals surface area contributed by atoms with E-state index in [1.165, 1.54) is 0 Å². The highest BCUT2D eigenvalue weighted by Crippen LogP contribution is 2.27. The molecule has 3 aromatic heterocycles. The smallest absolute Gasteiger partial charge is 0.156 e. The van der Waals surface area contributed by atoms with Gasteiger partial charge in [0.2, 0.25) is 0 Å². The molecule has 3 nitrogen and oxygen atoms in total. The van der Waals surface area contributed by atoms with Gasteiger partial charge < -0.3 is 4.42 Å². The molecule has 80 valence electrons. The summed E-state index contributed by atoms with van der Waals surface area (Å²) in [5.74, 6) is 0.798. The van der Waals surface area contributed by atoms with Crippen molar-refractivity contribution in [1.29, 1.82) is 0 Å². The Kier molecular flexibility index (Phi) is 2.01. The van der Waals surface area contributed by atoms with Gasteiger partial charge in [-0.15, -0.1) is 0 Å². The lowest BCUT2D eigenvalue weighted by atomic mass is 10.3. The summed E-state index contributed by atoms with van der Waals surface area (Å²) in [7, 11) is 0. The Morgan fingerprint density at radius 1 is 1.31 bits per heavy atom. The molecule has 0 N–H and O–H groups in total. The van der Waals surface area contributed by atoms with Crippen molar-refractivity contribution in [2.45, 2.75) is 6.92 Å². The van der Waals surface area contributed by atoms with Crippen molar-refractivity contribution in [3.8, 4) is 11.5 Å². The number of halogens is 1. The van der Waals surface area contributed by atoms with Gasteiger partial charge in [-0.3, -0.25) is 4.40 Å². The largest absolute Gasteiger partial charge is 0.463 e. The first-order valence-corrected chi connectivity index (χ1v) is 5.32. The molecule has 0 aromatic carbocycles. The first-order chi connectivity index (χ1) is 7.77. The zero-order valence-electron chi connectivity index (χ0n) is 8.64. The lowest BCUT2D eigenvalue weighted by molar-refractivity contribution is 0.579. The molecule has 0 saturated carbocycles. The van der Waals surface area contributed by atoms with Crippen LogP contribution in [-0.4, -0.2) is 9.38 Å². The average Bonchev–Trinajstić information content (AvgIpc) is 2.85. The van der Waals surface area contributed by atoms with Gasteiger partial charge in [0.1, 0.15) is 5.69 Å². The molecule has 0 fully saturated rings. The summed E-state index contributed by atoms with van der Waals surface area (Å²) in [5, 5.41) is 0.642. The molecule has 4 heteroatoms. The second-order valence-corrected chi connectivity index (χ2v) is 3.98. The predicted octanol–water partition coefficient (Wildman–Crippen LogP) is 3.56. The number of hydrogen-bond acceptors (Lipinski definition) is 2. The van der Waals surface area contributed by atoms with Crippen molar-refractivity contribution in [1.82, 2.24) is 9.38 Å². The standard InChI is InChI=1S/C12H9ClN2O/c1-8-11(10-5-3-7-16-10)15-6-2-4-9(13)12(15)14-8/h2-7H,1H3. The van der Waals surface area contributed by atoms with Crippen molar-refractivity contribution in [2.75, 3.05) is 0 Å². The van der Waals surface area contributed by atoms with Gasteiger partial charge in [-0.2, -0.15) is 0 Å². The topological polar surface area (TPSA) is 30.4 Å². The van der Waals surface area contributed by atoms with Crippen molar-refractivity contribution in [2.24, 2.45) is 0 Å². The minimum Gasteiger partial charge on any atom is -0.463 e. The third-order valence-corrected chi connectivity index (χ3v) is 2.83. The van der Waals surface area contributed by atoms with Gasteiger partial charge in [0, 0.05) is 6.20 Å². The number of fused-ring (bicyclic) bond motifs is 1. The fourth-order valence-electron chi connectivity index (χ4n) is 1.86. The summed E-state index contributed by atoms with van der Waals surface area (Å²) < 4.78 is 7.34. The van der Waals surface area contributed by atoms with E-state index in [1.54, 1.807) is 6.26 Å². The van der Waals surface area contributed by atoms with Crippen LogP contribution in [0, 0.1) is 6.92 Å². The van der Waals surface area contributed by atoms with E-state index < -0.39 is 0 Å². The Bertz CT molecular complexity index is 640. The quantitative estimate of drug-likeness (QED) is 0.642. The van der Waals surface area contributed by atoms with E-state index in [4.69, 9.17) is 16.0 Å². The SMILES string of the molecule is Cc1nc2c(Cl)cccn2c1-c1ccco1. The number of nitrogens with zero attached hydrogens (tertiary/aromatic N) is 2. The molecular formula is C12H9ClN2O. The summed E-state index contributed by atoms with van der Waals surface area (Å²) in [5.41, 5.74) is 2.61. The Labute approximate surface area is 97.3 Å².